The molecule has 0 fully saturated rings. The first-order valence-electron chi connectivity index (χ1n) is 2.69. The molecular weight excluding hydrogens is 157 g/mol. The normalized spacial score (nSPS) is 14.2. The Bertz CT molecular complexity index is 138. The van der Waals surface area contributed by atoms with Crippen LogP contribution in [0.25, 0.3) is 0 Å². The zero-order chi connectivity index (χ0) is 7.28. The fraction of sp³-hybridized carbons (Fsp3) is 0.500. The first-order chi connectivity index (χ1) is 4.20. The number of hydrogen-bond acceptors (Lipinski definition) is 1. The summed E-state index contributed by atoms with van der Waals surface area (Å²) in [5.41, 5.74) is 0. The van der Waals surface area contributed by atoms with Gasteiger partial charge in [0.2, 0.25) is 0 Å². The Labute approximate surface area is 65.4 Å². The van der Waals surface area contributed by atoms with E-state index in [4.69, 9.17) is 23.2 Å². The smallest absolute Gasteiger partial charge is 0.124 e. The van der Waals surface area contributed by atoms with Gasteiger partial charge in [0, 0.05) is 12.1 Å². The summed E-state index contributed by atoms with van der Waals surface area (Å²) in [4.78, 5) is 3.70. The summed E-state index contributed by atoms with van der Waals surface area (Å²) in [6.45, 7) is 1.96. The van der Waals surface area contributed by atoms with Crippen molar-refractivity contribution >= 4 is 28.4 Å². The number of hydrogen-bond donors (Lipinski definition) is 0. The second-order valence-corrected chi connectivity index (χ2v) is 2.36. The zero-order valence-corrected chi connectivity index (χ0v) is 7.00. The maximum absolute atomic E-state index is 5.63. The van der Waals surface area contributed by atoms with Gasteiger partial charge in [-0.1, -0.05) is 30.1 Å². The number of allylic oxidation sites excluding steroid dienone is 2. The Balaban J connectivity index is 3.95. The molecule has 0 aromatic heterocycles. The molecule has 0 aliphatic heterocycles. The molecule has 0 aromatic rings. The average Bonchev–Trinajstić information content (AvgIpc) is 1.87. The van der Waals surface area contributed by atoms with E-state index in [1.165, 1.54) is 0 Å². The van der Waals surface area contributed by atoms with Gasteiger partial charge in [-0.15, -0.1) is 0 Å². The Morgan fingerprint density at radius 2 is 2.11 bits per heavy atom. The van der Waals surface area contributed by atoms with Crippen molar-refractivity contribution in [3.63, 3.8) is 0 Å². The molecule has 3 heteroatoms. The molecule has 0 unspecified atom stereocenters. The molecule has 0 aliphatic rings. The minimum absolute atomic E-state index is 0.446. The van der Waals surface area contributed by atoms with Crippen LogP contribution in [0.5, 0.6) is 0 Å². The van der Waals surface area contributed by atoms with E-state index in [1.807, 2.05) is 6.92 Å². The quantitative estimate of drug-likeness (QED) is 0.559. The Kier molecular flexibility index (Phi) is 4.83. The number of rotatable bonds is 2. The van der Waals surface area contributed by atoms with Gasteiger partial charge >= 0.3 is 0 Å². The van der Waals surface area contributed by atoms with Crippen LogP contribution >= 0.6 is 23.2 Å². The van der Waals surface area contributed by atoms with Gasteiger partial charge in [-0.25, -0.2) is 0 Å². The Hall–Kier alpha value is -0.0100. The van der Waals surface area contributed by atoms with Gasteiger partial charge < -0.3 is 0 Å². The summed E-state index contributed by atoms with van der Waals surface area (Å²) in [7, 11) is 1.62. The van der Waals surface area contributed by atoms with E-state index in [2.05, 4.69) is 4.99 Å². The molecule has 52 valence electrons. The van der Waals surface area contributed by atoms with Crippen LogP contribution in [0.4, 0.5) is 0 Å². The Morgan fingerprint density at radius 1 is 1.56 bits per heavy atom. The molecule has 1 nitrogen and oxygen atoms in total. The van der Waals surface area contributed by atoms with Gasteiger partial charge in [-0.3, -0.25) is 4.99 Å². The van der Waals surface area contributed by atoms with Crippen molar-refractivity contribution in [2.45, 2.75) is 13.3 Å². The fourth-order valence-corrected chi connectivity index (χ4v) is 0.587. The summed E-state index contributed by atoms with van der Waals surface area (Å²) in [6, 6.07) is 0. The van der Waals surface area contributed by atoms with E-state index in [-0.39, 0.29) is 0 Å². The minimum Gasteiger partial charge on any atom is -0.276 e. The van der Waals surface area contributed by atoms with Crippen LogP contribution in [0.3, 0.4) is 0 Å². The van der Waals surface area contributed by atoms with Gasteiger partial charge in [0.05, 0.1) is 0 Å². The van der Waals surface area contributed by atoms with E-state index in [0.717, 1.165) is 11.5 Å². The van der Waals surface area contributed by atoms with E-state index < -0.39 is 0 Å². The lowest BCUT2D eigenvalue weighted by Crippen LogP contribution is -1.79. The molecule has 0 heterocycles. The molecule has 0 spiro atoms. The number of halogens is 2. The van der Waals surface area contributed by atoms with Crippen LogP contribution < -0.4 is 0 Å². The van der Waals surface area contributed by atoms with Crippen LogP contribution in [0.15, 0.2) is 16.1 Å². The lowest BCUT2D eigenvalue weighted by atomic mass is 10.4. The summed E-state index contributed by atoms with van der Waals surface area (Å²) in [6.07, 6.45) is 2.44. The third kappa shape index (κ3) is 4.49. The summed E-state index contributed by atoms with van der Waals surface area (Å²) >= 11 is 11.2. The third-order valence-electron chi connectivity index (χ3n) is 0.827. The fourth-order valence-electron chi connectivity index (χ4n) is 0.296. The molecule has 0 saturated carbocycles. The molecule has 0 N–H and O–H groups in total. The second kappa shape index (κ2) is 4.83. The van der Waals surface area contributed by atoms with Crippen LogP contribution in [-0.2, 0) is 0 Å². The van der Waals surface area contributed by atoms with Crippen LogP contribution in [0.2, 0.25) is 0 Å². The van der Waals surface area contributed by atoms with Crippen molar-refractivity contribution in [1.29, 1.82) is 0 Å². The van der Waals surface area contributed by atoms with Gasteiger partial charge in [-0.05, 0) is 12.5 Å². The molecule has 0 atom stereocenters. The highest BCUT2D eigenvalue weighted by atomic mass is 35.5. The molecule has 0 amide bonds. The van der Waals surface area contributed by atoms with Gasteiger partial charge in [0.15, 0.2) is 0 Å². The average molecular weight is 166 g/mol. The highest BCUT2D eigenvalue weighted by Crippen LogP contribution is 2.06. The van der Waals surface area contributed by atoms with Crippen LogP contribution in [0.1, 0.15) is 13.3 Å². The molecule has 0 aromatic carbocycles. The standard InChI is InChI=1S/C6H9Cl2N/c1-3-5(7)4-6(8)9-2/h4H,3H2,1-2H3/b5-4+,9-6+. The third-order valence-corrected chi connectivity index (χ3v) is 1.48. The largest absolute Gasteiger partial charge is 0.276 e. The van der Waals surface area contributed by atoms with Gasteiger partial charge in [0.25, 0.3) is 0 Å². The molecule has 0 radical (unpaired) electrons. The molecule has 0 saturated heterocycles. The minimum atomic E-state index is 0.446. The number of aliphatic imine (C=N–C) groups is 1. The molecular formula is C6H9Cl2N. The zero-order valence-electron chi connectivity index (χ0n) is 5.49. The lowest BCUT2D eigenvalue weighted by molar-refractivity contribution is 1.20. The van der Waals surface area contributed by atoms with E-state index in [0.29, 0.717) is 5.17 Å². The Morgan fingerprint density at radius 3 is 2.44 bits per heavy atom. The topological polar surface area (TPSA) is 12.4 Å². The molecule has 0 bridgehead atoms. The molecule has 9 heavy (non-hydrogen) atoms. The van der Waals surface area contributed by atoms with Gasteiger partial charge in [0.1, 0.15) is 5.17 Å². The highest BCUT2D eigenvalue weighted by Gasteiger charge is 1.88. The van der Waals surface area contributed by atoms with Crippen molar-refractivity contribution in [3.05, 3.63) is 11.1 Å². The number of nitrogens with zero attached hydrogens (tertiary/aromatic N) is 1. The summed E-state index contributed by atoms with van der Waals surface area (Å²) in [5, 5.41) is 1.17. The SMILES string of the molecule is CC/C(Cl)=C\C(Cl)=N/C. The summed E-state index contributed by atoms with van der Waals surface area (Å²) < 4.78 is 0. The summed E-state index contributed by atoms with van der Waals surface area (Å²) in [5.74, 6) is 0. The van der Waals surface area contributed by atoms with Crippen molar-refractivity contribution in [2.24, 2.45) is 4.99 Å². The lowest BCUT2D eigenvalue weighted by Gasteiger charge is -1.88. The van der Waals surface area contributed by atoms with Crippen molar-refractivity contribution < 1.29 is 0 Å². The molecule has 0 rings (SSSR count). The van der Waals surface area contributed by atoms with Crippen molar-refractivity contribution in [3.8, 4) is 0 Å². The predicted octanol–water partition coefficient (Wildman–Crippen LogP) is 2.79. The van der Waals surface area contributed by atoms with Crippen molar-refractivity contribution in [1.82, 2.24) is 0 Å². The molecule has 0 aliphatic carbocycles. The predicted molar refractivity (Wildman–Crippen MR) is 43.4 cm³/mol. The first-order valence-corrected chi connectivity index (χ1v) is 3.44. The first kappa shape index (κ1) is 8.99. The van der Waals surface area contributed by atoms with Gasteiger partial charge in [-0.2, -0.15) is 0 Å². The van der Waals surface area contributed by atoms with E-state index >= 15 is 0 Å². The maximum Gasteiger partial charge on any atom is 0.124 e. The van der Waals surface area contributed by atoms with Crippen LogP contribution in [-0.4, -0.2) is 12.2 Å². The maximum atomic E-state index is 5.63. The van der Waals surface area contributed by atoms with Crippen molar-refractivity contribution in [2.75, 3.05) is 7.05 Å². The van der Waals surface area contributed by atoms with E-state index in [9.17, 15) is 0 Å². The second-order valence-electron chi connectivity index (χ2n) is 1.49. The van der Waals surface area contributed by atoms with Crippen LogP contribution in [0, 0.1) is 0 Å². The van der Waals surface area contributed by atoms with E-state index in [1.54, 1.807) is 13.1 Å². The monoisotopic (exact) mass is 165 g/mol. The highest BCUT2D eigenvalue weighted by molar-refractivity contribution is 6.68.